The molecule has 2 aromatic rings. The number of hydrogen-bond donors (Lipinski definition) is 0. The van der Waals surface area contributed by atoms with Crippen molar-refractivity contribution < 1.29 is 21.1 Å². The molecule has 0 N–H and O–H groups in total. The Morgan fingerprint density at radius 1 is 0.900 bits per heavy atom. The fourth-order valence-electron chi connectivity index (χ4n) is 1.89. The van der Waals surface area contributed by atoms with Crippen LogP contribution in [0.3, 0.4) is 0 Å². The van der Waals surface area contributed by atoms with Crippen LogP contribution in [0.1, 0.15) is 0 Å². The van der Waals surface area contributed by atoms with Gasteiger partial charge in [0.05, 0.1) is 0 Å². The molecule has 1 saturated heterocycles. The zero-order chi connectivity index (χ0) is 13.5. The summed E-state index contributed by atoms with van der Waals surface area (Å²) >= 11 is 0. The molecule has 5 nitrogen and oxygen atoms in total. The van der Waals surface area contributed by atoms with Crippen molar-refractivity contribution in [3.8, 4) is 0 Å². The number of rotatable bonds is 2. The first-order chi connectivity index (χ1) is 9.43. The van der Waals surface area contributed by atoms with Gasteiger partial charge in [-0.1, -0.05) is 12.1 Å². The van der Waals surface area contributed by atoms with Gasteiger partial charge in [0.15, 0.2) is 0 Å². The summed E-state index contributed by atoms with van der Waals surface area (Å²) in [6.07, 6.45) is 3.62. The Kier molecular flexibility index (Phi) is 6.76. The fraction of sp³-hybridized carbons (Fsp3) is 0.154. The summed E-state index contributed by atoms with van der Waals surface area (Å²) in [7, 11) is 2.06. The van der Waals surface area contributed by atoms with Gasteiger partial charge in [0, 0.05) is 46.5 Å². The summed E-state index contributed by atoms with van der Waals surface area (Å²) in [6, 6.07) is 11.9. The normalized spacial score (nSPS) is 12.7. The Bertz CT molecular complexity index is 477. The van der Waals surface area contributed by atoms with Crippen LogP contribution >= 0.6 is 0 Å². The fourth-order valence-corrected chi connectivity index (χ4v) is 1.89. The zero-order valence-corrected chi connectivity index (χ0v) is 12.9. The van der Waals surface area contributed by atoms with Crippen LogP contribution in [-0.2, 0) is 21.1 Å². The van der Waals surface area contributed by atoms with E-state index in [0.717, 1.165) is 24.7 Å². The van der Waals surface area contributed by atoms with Crippen LogP contribution in [0.2, 0.25) is 0 Å². The van der Waals surface area contributed by atoms with E-state index >= 15 is 0 Å². The Hall–Kier alpha value is -1.86. The van der Waals surface area contributed by atoms with Crippen LogP contribution in [0.5, 0.6) is 0 Å². The van der Waals surface area contributed by atoms with Crippen LogP contribution < -0.4 is 9.62 Å². The molecule has 1 radical (unpaired) electrons. The van der Waals surface area contributed by atoms with E-state index in [1.54, 1.807) is 0 Å². The first-order valence-electron chi connectivity index (χ1n) is 5.86. The third-order valence-corrected chi connectivity index (χ3v) is 2.75. The molecule has 0 aliphatic carbocycles. The largest absolute Gasteiger partial charge is 0.512 e. The van der Waals surface area contributed by atoms with Crippen LogP contribution in [0.4, 0.5) is 11.6 Å². The van der Waals surface area contributed by atoms with Gasteiger partial charge in [-0.3, -0.25) is 0 Å². The molecule has 0 aromatic carbocycles. The molecule has 103 valence electrons. The van der Waals surface area contributed by atoms with Gasteiger partial charge in [0.25, 0.3) is 0 Å². The maximum Gasteiger partial charge on any atom is 0.394 e. The van der Waals surface area contributed by atoms with Crippen molar-refractivity contribution in [3.63, 3.8) is 0 Å². The van der Waals surface area contributed by atoms with Crippen LogP contribution in [0, 0.1) is 11.8 Å². The van der Waals surface area contributed by atoms with Crippen molar-refractivity contribution in [2.75, 3.05) is 22.7 Å². The molecule has 2 aromatic heterocycles. The maximum atomic E-state index is 6.25. The van der Waals surface area contributed by atoms with Gasteiger partial charge in [-0.15, -0.1) is 0 Å². The maximum absolute atomic E-state index is 6.25. The molecule has 1 aliphatic heterocycles. The molecule has 0 amide bonds. The van der Waals surface area contributed by atoms with E-state index in [1.807, 2.05) is 48.8 Å². The number of anilines is 2. The first kappa shape index (κ1) is 16.2. The van der Waals surface area contributed by atoms with Crippen LogP contribution in [-0.4, -0.2) is 30.6 Å². The summed E-state index contributed by atoms with van der Waals surface area (Å²) in [5, 5.41) is 6.25. The molecule has 3 rings (SSSR count). The Labute approximate surface area is 133 Å². The smallest absolute Gasteiger partial charge is 0.394 e. The van der Waals surface area contributed by atoms with E-state index in [0.29, 0.717) is 0 Å². The average Bonchev–Trinajstić information content (AvgIpc) is 3.01. The summed E-state index contributed by atoms with van der Waals surface area (Å²) in [5.74, 6) is 1.96. The Balaban J connectivity index is 0.000000639. The second-order valence-corrected chi connectivity index (χ2v) is 3.88. The summed E-state index contributed by atoms with van der Waals surface area (Å²) in [5.41, 5.74) is 0. The summed E-state index contributed by atoms with van der Waals surface area (Å²) in [6.45, 7) is 6.63. The number of nitrogens with zero attached hydrogens (tertiary/aromatic N) is 5. The van der Waals surface area contributed by atoms with Gasteiger partial charge in [0.2, 0.25) is 0 Å². The van der Waals surface area contributed by atoms with Gasteiger partial charge in [-0.05, 0) is 24.3 Å². The molecule has 0 unspecified atom stereocenters. The van der Waals surface area contributed by atoms with Crippen molar-refractivity contribution in [2.24, 2.45) is 0 Å². The molecule has 0 bridgehead atoms. The first-order valence-corrected chi connectivity index (χ1v) is 5.86. The molecule has 1 fully saturated rings. The van der Waals surface area contributed by atoms with Crippen molar-refractivity contribution in [1.82, 2.24) is 9.97 Å². The zero-order valence-electron chi connectivity index (χ0n) is 10.7. The molecule has 7 heteroatoms. The van der Waals surface area contributed by atoms with E-state index in [2.05, 4.69) is 27.1 Å². The van der Waals surface area contributed by atoms with E-state index < -0.39 is 0 Å². The average molecular weight is 444 g/mol. The molecule has 1 aliphatic rings. The van der Waals surface area contributed by atoms with E-state index in [-0.39, 0.29) is 21.1 Å². The van der Waals surface area contributed by atoms with Crippen molar-refractivity contribution >= 4 is 19.2 Å². The standard InChI is InChI=1S/C12H12BN4.CN.Pt/c1-3-7-14-11(5-1)16-9-10-17(13-16)12-6-2-4-8-15-12;1-2;/h1-8H,9-10H2;;/q;-1;. The third kappa shape index (κ3) is 3.82. The third-order valence-electron chi connectivity index (χ3n) is 2.75. The van der Waals surface area contributed by atoms with E-state index in [1.165, 1.54) is 0 Å². The van der Waals surface area contributed by atoms with Crippen molar-refractivity contribution in [1.29, 1.82) is 5.26 Å². The second-order valence-electron chi connectivity index (χ2n) is 3.88. The SMILES string of the molecule is [B]1N(c2ccccn2)CCN1c1ccccn1.[C-]#N.[Pt]. The minimum atomic E-state index is 0. The predicted molar refractivity (Wildman–Crippen MR) is 73.9 cm³/mol. The Morgan fingerprint density at radius 3 is 1.70 bits per heavy atom. The quantitative estimate of drug-likeness (QED) is 0.519. The summed E-state index contributed by atoms with van der Waals surface area (Å²) < 4.78 is 0. The van der Waals surface area contributed by atoms with Gasteiger partial charge >= 0.3 is 7.55 Å². The molecule has 3 heterocycles. The summed E-state index contributed by atoms with van der Waals surface area (Å²) in [4.78, 5) is 12.9. The molecular formula is C13H12BN5Pt-. The number of aromatic nitrogens is 2. The molecule has 0 saturated carbocycles. The van der Waals surface area contributed by atoms with Crippen LogP contribution in [0.25, 0.3) is 0 Å². The molecule has 20 heavy (non-hydrogen) atoms. The predicted octanol–water partition coefficient (Wildman–Crippen LogP) is 1.43. The van der Waals surface area contributed by atoms with Gasteiger partial charge in [0.1, 0.15) is 11.6 Å². The van der Waals surface area contributed by atoms with Gasteiger partial charge < -0.3 is 21.5 Å². The Morgan fingerprint density at radius 2 is 1.35 bits per heavy atom. The topological polar surface area (TPSA) is 56.1 Å². The van der Waals surface area contributed by atoms with Gasteiger partial charge in [-0.25, -0.2) is 9.97 Å². The minimum absolute atomic E-state index is 0. The van der Waals surface area contributed by atoms with Crippen molar-refractivity contribution in [2.45, 2.75) is 0 Å². The van der Waals surface area contributed by atoms with E-state index in [4.69, 9.17) is 11.8 Å². The molecular weight excluding hydrogens is 432 g/mol. The minimum Gasteiger partial charge on any atom is -0.512 e. The second kappa shape index (κ2) is 8.34. The van der Waals surface area contributed by atoms with Gasteiger partial charge in [-0.2, -0.15) is 0 Å². The molecule has 0 spiro atoms. The molecule has 0 atom stereocenters. The van der Waals surface area contributed by atoms with E-state index in [9.17, 15) is 0 Å². The number of pyridine rings is 2. The van der Waals surface area contributed by atoms with Crippen molar-refractivity contribution in [3.05, 3.63) is 55.4 Å². The monoisotopic (exact) mass is 444 g/mol. The van der Waals surface area contributed by atoms with Crippen LogP contribution in [0.15, 0.2) is 48.8 Å². The number of hydrogen-bond acceptors (Lipinski definition) is 5.